The molecule has 0 bridgehead atoms. The number of carbonyl (C=O) groups is 1. The molecule has 166 valence electrons. The van der Waals surface area contributed by atoms with Crippen LogP contribution in [0.1, 0.15) is 39.2 Å². The van der Waals surface area contributed by atoms with Crippen molar-refractivity contribution in [2.24, 2.45) is 0 Å². The van der Waals surface area contributed by atoms with Crippen LogP contribution in [0.4, 0.5) is 10.5 Å². The zero-order chi connectivity index (χ0) is 22.4. The summed E-state index contributed by atoms with van der Waals surface area (Å²) in [6.07, 6.45) is 1.20. The third kappa shape index (κ3) is 6.60. The van der Waals surface area contributed by atoms with Crippen molar-refractivity contribution in [3.05, 3.63) is 64.2 Å². The zero-order valence-corrected chi connectivity index (χ0v) is 18.1. The molecule has 31 heavy (non-hydrogen) atoms. The number of nitrogens with zero attached hydrogens (tertiary/aromatic N) is 2. The predicted octanol–water partition coefficient (Wildman–Crippen LogP) is 4.95. The summed E-state index contributed by atoms with van der Waals surface area (Å²) in [4.78, 5) is 24.5. The van der Waals surface area contributed by atoms with E-state index in [9.17, 15) is 14.9 Å². The molecule has 0 aliphatic carbocycles. The molecule has 1 aliphatic heterocycles. The van der Waals surface area contributed by atoms with Crippen molar-refractivity contribution >= 4 is 11.8 Å². The number of nitro benzene ring substituents is 1. The van der Waals surface area contributed by atoms with Crippen LogP contribution < -0.4 is 9.47 Å². The molecule has 0 aromatic heterocycles. The number of rotatable bonds is 6. The Morgan fingerprint density at radius 3 is 2.29 bits per heavy atom. The molecule has 0 unspecified atom stereocenters. The first kappa shape index (κ1) is 22.4. The van der Waals surface area contributed by atoms with E-state index in [-0.39, 0.29) is 24.5 Å². The molecule has 2 aromatic rings. The quantitative estimate of drug-likeness (QED) is 0.477. The van der Waals surface area contributed by atoms with Gasteiger partial charge in [0.15, 0.2) is 0 Å². The maximum Gasteiger partial charge on any atom is 0.410 e. The van der Waals surface area contributed by atoms with Gasteiger partial charge in [-0.15, -0.1) is 0 Å². The Bertz CT molecular complexity index is 899. The van der Waals surface area contributed by atoms with Crippen molar-refractivity contribution < 1.29 is 23.9 Å². The smallest absolute Gasteiger partial charge is 0.410 e. The van der Waals surface area contributed by atoms with Crippen LogP contribution in [0.2, 0.25) is 0 Å². The molecule has 0 N–H and O–H groups in total. The third-order valence-corrected chi connectivity index (χ3v) is 4.80. The summed E-state index contributed by atoms with van der Waals surface area (Å²) in [5.74, 6) is 1.32. The fourth-order valence-corrected chi connectivity index (χ4v) is 3.26. The molecule has 1 aliphatic rings. The number of para-hydroxylation sites is 1. The number of carbonyl (C=O) groups excluding carboxylic acids is 1. The lowest BCUT2D eigenvalue weighted by molar-refractivity contribution is -0.385. The monoisotopic (exact) mass is 428 g/mol. The van der Waals surface area contributed by atoms with Crippen LogP contribution in [0.25, 0.3) is 0 Å². The fraction of sp³-hybridized carbons (Fsp3) is 0.435. The second-order valence-corrected chi connectivity index (χ2v) is 8.43. The summed E-state index contributed by atoms with van der Waals surface area (Å²) >= 11 is 0. The molecule has 2 aromatic carbocycles. The van der Waals surface area contributed by atoms with E-state index in [1.54, 1.807) is 35.2 Å². The van der Waals surface area contributed by atoms with E-state index in [1.165, 1.54) is 6.07 Å². The molecule has 1 fully saturated rings. The maximum absolute atomic E-state index is 12.2. The summed E-state index contributed by atoms with van der Waals surface area (Å²) in [6, 6.07) is 13.7. The van der Waals surface area contributed by atoms with Crippen molar-refractivity contribution in [3.63, 3.8) is 0 Å². The highest BCUT2D eigenvalue weighted by molar-refractivity contribution is 5.68. The topological polar surface area (TPSA) is 91.1 Å². The van der Waals surface area contributed by atoms with E-state index in [4.69, 9.17) is 14.2 Å². The van der Waals surface area contributed by atoms with Gasteiger partial charge in [-0.2, -0.15) is 0 Å². The molecule has 8 heteroatoms. The first-order valence-electron chi connectivity index (χ1n) is 10.3. The van der Waals surface area contributed by atoms with Crippen LogP contribution in [0.15, 0.2) is 48.5 Å². The zero-order valence-electron chi connectivity index (χ0n) is 18.1. The Morgan fingerprint density at radius 2 is 1.68 bits per heavy atom. The van der Waals surface area contributed by atoms with Gasteiger partial charge in [0.05, 0.1) is 10.5 Å². The summed E-state index contributed by atoms with van der Waals surface area (Å²) in [5, 5.41) is 11.1. The van der Waals surface area contributed by atoms with E-state index in [0.29, 0.717) is 30.2 Å². The Labute approximate surface area is 181 Å². The van der Waals surface area contributed by atoms with Gasteiger partial charge in [0.25, 0.3) is 5.69 Å². The van der Waals surface area contributed by atoms with Crippen LogP contribution in [-0.4, -0.2) is 40.7 Å². The molecule has 3 rings (SSSR count). The molecule has 1 heterocycles. The van der Waals surface area contributed by atoms with E-state index in [1.807, 2.05) is 32.9 Å². The first-order chi connectivity index (χ1) is 14.7. The number of benzene rings is 2. The van der Waals surface area contributed by atoms with Crippen LogP contribution in [0, 0.1) is 10.1 Å². The molecule has 0 atom stereocenters. The average molecular weight is 428 g/mol. The van der Waals surface area contributed by atoms with Gasteiger partial charge in [0, 0.05) is 32.0 Å². The van der Waals surface area contributed by atoms with Crippen molar-refractivity contribution in [1.29, 1.82) is 0 Å². The van der Waals surface area contributed by atoms with Crippen molar-refractivity contribution in [2.45, 2.75) is 51.9 Å². The van der Waals surface area contributed by atoms with E-state index < -0.39 is 10.5 Å². The number of likely N-dealkylation sites (tertiary alicyclic amines) is 1. The predicted molar refractivity (Wildman–Crippen MR) is 115 cm³/mol. The number of hydrogen-bond acceptors (Lipinski definition) is 6. The first-order valence-corrected chi connectivity index (χ1v) is 10.3. The molecule has 0 radical (unpaired) electrons. The summed E-state index contributed by atoms with van der Waals surface area (Å²) < 4.78 is 17.1. The molecule has 0 spiro atoms. The lowest BCUT2D eigenvalue weighted by atomic mass is 10.1. The van der Waals surface area contributed by atoms with Gasteiger partial charge in [0.2, 0.25) is 0 Å². The summed E-state index contributed by atoms with van der Waals surface area (Å²) in [6.45, 7) is 6.87. The van der Waals surface area contributed by atoms with Crippen molar-refractivity contribution in [3.8, 4) is 11.5 Å². The van der Waals surface area contributed by atoms with Crippen molar-refractivity contribution in [1.82, 2.24) is 4.90 Å². The average Bonchev–Trinajstić information content (AvgIpc) is 2.72. The van der Waals surface area contributed by atoms with Crippen LogP contribution in [0.3, 0.4) is 0 Å². The van der Waals surface area contributed by atoms with Gasteiger partial charge in [-0.1, -0.05) is 12.1 Å². The Hall–Kier alpha value is -3.29. The number of amides is 1. The minimum atomic E-state index is -0.500. The second kappa shape index (κ2) is 9.68. The van der Waals surface area contributed by atoms with Gasteiger partial charge < -0.3 is 19.1 Å². The van der Waals surface area contributed by atoms with E-state index in [0.717, 1.165) is 12.8 Å². The largest absolute Gasteiger partial charge is 0.490 e. The van der Waals surface area contributed by atoms with Gasteiger partial charge >= 0.3 is 6.09 Å². The maximum atomic E-state index is 12.2. The highest BCUT2D eigenvalue weighted by atomic mass is 16.6. The number of nitro groups is 1. The minimum absolute atomic E-state index is 0.0254. The van der Waals surface area contributed by atoms with Gasteiger partial charge in [0.1, 0.15) is 29.8 Å². The van der Waals surface area contributed by atoms with E-state index >= 15 is 0 Å². The molecular formula is C23H28N2O6. The van der Waals surface area contributed by atoms with Gasteiger partial charge in [-0.3, -0.25) is 10.1 Å². The lowest BCUT2D eigenvalue weighted by Crippen LogP contribution is -2.44. The normalized spacial score (nSPS) is 14.7. The number of ether oxygens (including phenoxy) is 3. The Kier molecular flexibility index (Phi) is 6.99. The molecule has 1 amide bonds. The van der Waals surface area contributed by atoms with E-state index in [2.05, 4.69) is 0 Å². The second-order valence-electron chi connectivity index (χ2n) is 8.43. The molecule has 8 nitrogen and oxygen atoms in total. The van der Waals surface area contributed by atoms with Gasteiger partial charge in [-0.05, 0) is 51.1 Å². The number of hydrogen-bond donors (Lipinski definition) is 0. The van der Waals surface area contributed by atoms with Gasteiger partial charge in [-0.25, -0.2) is 4.79 Å². The van der Waals surface area contributed by atoms with Crippen molar-refractivity contribution in [2.75, 3.05) is 13.1 Å². The number of piperidine rings is 1. The minimum Gasteiger partial charge on any atom is -0.490 e. The Morgan fingerprint density at radius 1 is 1.06 bits per heavy atom. The highest BCUT2D eigenvalue weighted by Crippen LogP contribution is 2.25. The molecule has 1 saturated heterocycles. The molecule has 0 saturated carbocycles. The highest BCUT2D eigenvalue weighted by Gasteiger charge is 2.27. The standard InChI is InChI=1S/C23H28N2O6/c1-23(2,3)31-22(26)24-14-12-20(13-15-24)30-19-10-8-18(9-11-19)29-16-17-6-4-5-7-21(17)25(27)28/h4-11,20H,12-16H2,1-3H3. The van der Waals surface area contributed by atoms with Crippen LogP contribution in [0.5, 0.6) is 11.5 Å². The Balaban J connectivity index is 1.47. The summed E-state index contributed by atoms with van der Waals surface area (Å²) in [7, 11) is 0. The van der Waals surface area contributed by atoms with Crippen LogP contribution >= 0.6 is 0 Å². The lowest BCUT2D eigenvalue weighted by Gasteiger charge is -2.33. The summed E-state index contributed by atoms with van der Waals surface area (Å²) in [5.41, 5.74) is 0.0596. The van der Waals surface area contributed by atoms with Crippen LogP contribution in [-0.2, 0) is 11.3 Å². The third-order valence-electron chi connectivity index (χ3n) is 4.80. The fourth-order valence-electron chi connectivity index (χ4n) is 3.26. The molecular weight excluding hydrogens is 400 g/mol. The SMILES string of the molecule is CC(C)(C)OC(=O)N1CCC(Oc2ccc(OCc3ccccc3[N+](=O)[O-])cc2)CC1.